The van der Waals surface area contributed by atoms with Gasteiger partial charge in [0.15, 0.2) is 5.11 Å². The van der Waals surface area contributed by atoms with E-state index in [0.717, 1.165) is 0 Å². The van der Waals surface area contributed by atoms with E-state index in [9.17, 15) is 14.7 Å². The van der Waals surface area contributed by atoms with Crippen LogP contribution < -0.4 is 10.6 Å². The Hall–Kier alpha value is -2.21. The molecule has 0 saturated carbocycles. The Kier molecular flexibility index (Phi) is 3.12. The fraction of sp³-hybridized carbons (Fsp3) is 0.0833. The van der Waals surface area contributed by atoms with E-state index < -0.39 is 11.8 Å². The van der Waals surface area contributed by atoms with Gasteiger partial charge in [-0.2, -0.15) is 0 Å². The first kappa shape index (κ1) is 12.3. The maximum Gasteiger partial charge on any atom is 0.263 e. The lowest BCUT2D eigenvalue weighted by molar-refractivity contribution is -0.123. The summed E-state index contributed by atoms with van der Waals surface area (Å²) in [5.41, 5.74) is 0.976. The zero-order chi connectivity index (χ0) is 13.3. The molecule has 0 radical (unpaired) electrons. The molecule has 3 N–H and O–H groups in total. The zero-order valence-corrected chi connectivity index (χ0v) is 10.3. The van der Waals surface area contributed by atoms with Crippen LogP contribution in [-0.2, 0) is 9.59 Å². The summed E-state index contributed by atoms with van der Waals surface area (Å²) in [7, 11) is 0. The molecule has 1 saturated heterocycles. The van der Waals surface area contributed by atoms with Crippen molar-refractivity contribution < 1.29 is 14.7 Å². The minimum Gasteiger partial charge on any atom is -0.507 e. The van der Waals surface area contributed by atoms with Crippen LogP contribution in [0.3, 0.4) is 0 Å². The van der Waals surface area contributed by atoms with Crippen molar-refractivity contribution in [3.8, 4) is 5.75 Å². The first-order chi connectivity index (χ1) is 8.49. The van der Waals surface area contributed by atoms with Crippen molar-refractivity contribution in [1.29, 1.82) is 0 Å². The van der Waals surface area contributed by atoms with Crippen LogP contribution in [0.15, 0.2) is 23.8 Å². The highest BCUT2D eigenvalue weighted by Crippen LogP contribution is 2.24. The van der Waals surface area contributed by atoms with Crippen molar-refractivity contribution in [2.24, 2.45) is 0 Å². The van der Waals surface area contributed by atoms with E-state index in [1.54, 1.807) is 25.1 Å². The zero-order valence-electron chi connectivity index (χ0n) is 9.48. The summed E-state index contributed by atoms with van der Waals surface area (Å²) in [4.78, 5) is 23.2. The summed E-state index contributed by atoms with van der Waals surface area (Å²) in [6, 6.07) is 5.07. The van der Waals surface area contributed by atoms with E-state index >= 15 is 0 Å². The standard InChI is InChI=1S/C12H10N2O3S/c1-6-3-2-4-7(9(6)15)5-8-10(16)13-12(18)14-11(8)17/h2-5,15H,1H3,(H2,13,14,16,17,18). The van der Waals surface area contributed by atoms with Gasteiger partial charge >= 0.3 is 0 Å². The maximum atomic E-state index is 11.6. The maximum absolute atomic E-state index is 11.6. The fourth-order valence-electron chi connectivity index (χ4n) is 1.56. The number of phenols is 1. The molecule has 1 aliphatic rings. The van der Waals surface area contributed by atoms with Crippen LogP contribution >= 0.6 is 12.2 Å². The Morgan fingerprint density at radius 3 is 2.44 bits per heavy atom. The number of aromatic hydroxyl groups is 1. The molecule has 5 nitrogen and oxygen atoms in total. The van der Waals surface area contributed by atoms with Crippen LogP contribution in [0, 0.1) is 6.92 Å². The third-order valence-electron chi connectivity index (χ3n) is 2.51. The normalized spacial score (nSPS) is 15.2. The van der Waals surface area contributed by atoms with Gasteiger partial charge in [0.1, 0.15) is 11.3 Å². The number of carbonyl (C=O) groups excluding carboxylic acids is 2. The van der Waals surface area contributed by atoms with Gasteiger partial charge < -0.3 is 5.11 Å². The van der Waals surface area contributed by atoms with E-state index in [0.29, 0.717) is 11.1 Å². The summed E-state index contributed by atoms with van der Waals surface area (Å²) < 4.78 is 0. The first-order valence-electron chi connectivity index (χ1n) is 5.16. The Labute approximate surface area is 109 Å². The van der Waals surface area contributed by atoms with Gasteiger partial charge in [-0.1, -0.05) is 18.2 Å². The second-order valence-corrected chi connectivity index (χ2v) is 4.22. The first-order valence-corrected chi connectivity index (χ1v) is 5.57. The molecule has 1 aromatic carbocycles. The minimum atomic E-state index is -0.579. The van der Waals surface area contributed by atoms with Gasteiger partial charge in [0, 0.05) is 5.56 Å². The van der Waals surface area contributed by atoms with Crippen LogP contribution in [0.25, 0.3) is 6.08 Å². The fourth-order valence-corrected chi connectivity index (χ4v) is 1.75. The third-order valence-corrected chi connectivity index (χ3v) is 2.72. The third kappa shape index (κ3) is 2.23. The van der Waals surface area contributed by atoms with Crippen molar-refractivity contribution in [3.05, 3.63) is 34.9 Å². The number of hydrogen-bond acceptors (Lipinski definition) is 4. The Balaban J connectivity index is 2.44. The number of para-hydroxylation sites is 1. The highest BCUT2D eigenvalue weighted by molar-refractivity contribution is 7.80. The van der Waals surface area contributed by atoms with Crippen molar-refractivity contribution in [3.63, 3.8) is 0 Å². The highest BCUT2D eigenvalue weighted by Gasteiger charge is 2.25. The molecule has 0 atom stereocenters. The monoisotopic (exact) mass is 262 g/mol. The molecule has 1 fully saturated rings. The smallest absolute Gasteiger partial charge is 0.263 e. The van der Waals surface area contributed by atoms with Crippen LogP contribution in [0.5, 0.6) is 5.75 Å². The highest BCUT2D eigenvalue weighted by atomic mass is 32.1. The van der Waals surface area contributed by atoms with E-state index in [1.165, 1.54) is 6.08 Å². The lowest BCUT2D eigenvalue weighted by Crippen LogP contribution is -2.51. The number of thiocarbonyl (C=S) groups is 1. The quantitative estimate of drug-likeness (QED) is 0.394. The molecule has 0 spiro atoms. The average Bonchev–Trinajstić information content (AvgIpc) is 2.28. The summed E-state index contributed by atoms with van der Waals surface area (Å²) in [5.74, 6) is -1.12. The molecule has 1 aromatic rings. The second-order valence-electron chi connectivity index (χ2n) is 3.81. The molecule has 92 valence electrons. The number of aryl methyl sites for hydroxylation is 1. The lowest BCUT2D eigenvalue weighted by Gasteiger charge is -2.16. The van der Waals surface area contributed by atoms with Crippen molar-refractivity contribution in [2.75, 3.05) is 0 Å². The molecule has 0 aromatic heterocycles. The SMILES string of the molecule is Cc1cccc(C=C2C(=O)NC(=S)NC2=O)c1O. The van der Waals surface area contributed by atoms with Crippen molar-refractivity contribution in [1.82, 2.24) is 10.6 Å². The van der Waals surface area contributed by atoms with E-state index in [2.05, 4.69) is 22.9 Å². The van der Waals surface area contributed by atoms with Gasteiger partial charge in [-0.05, 0) is 30.8 Å². The number of hydrogen-bond donors (Lipinski definition) is 3. The predicted octanol–water partition coefficient (Wildman–Crippen LogP) is 0.615. The number of rotatable bonds is 1. The Bertz CT molecular complexity index is 571. The average molecular weight is 262 g/mol. The van der Waals surface area contributed by atoms with Gasteiger partial charge in [-0.15, -0.1) is 0 Å². The van der Waals surface area contributed by atoms with Gasteiger partial charge in [0.2, 0.25) is 0 Å². The molecular formula is C12H10N2O3S. The molecule has 0 bridgehead atoms. The summed E-state index contributed by atoms with van der Waals surface area (Å²) >= 11 is 4.68. The summed E-state index contributed by atoms with van der Waals surface area (Å²) in [6.07, 6.45) is 1.33. The van der Waals surface area contributed by atoms with Crippen LogP contribution in [-0.4, -0.2) is 22.0 Å². The second kappa shape index (κ2) is 4.58. The molecule has 18 heavy (non-hydrogen) atoms. The minimum absolute atomic E-state index is 0.0179. The van der Waals surface area contributed by atoms with Gasteiger partial charge in [-0.25, -0.2) is 0 Å². The molecule has 2 amide bonds. The molecular weight excluding hydrogens is 252 g/mol. The van der Waals surface area contributed by atoms with Crippen LogP contribution in [0.4, 0.5) is 0 Å². The topological polar surface area (TPSA) is 78.4 Å². The van der Waals surface area contributed by atoms with E-state index in [4.69, 9.17) is 0 Å². The molecule has 6 heteroatoms. The molecule has 0 unspecified atom stereocenters. The summed E-state index contributed by atoms with van der Waals surface area (Å²) in [5, 5.41) is 14.5. The number of nitrogens with one attached hydrogen (secondary N) is 2. The number of amides is 2. The van der Waals surface area contributed by atoms with Crippen molar-refractivity contribution >= 4 is 35.2 Å². The molecule has 0 aliphatic carbocycles. The molecule has 1 heterocycles. The Morgan fingerprint density at radius 1 is 1.22 bits per heavy atom. The van der Waals surface area contributed by atoms with Gasteiger partial charge in [0.05, 0.1) is 0 Å². The lowest BCUT2D eigenvalue weighted by atomic mass is 10.1. The van der Waals surface area contributed by atoms with Gasteiger partial charge in [0.25, 0.3) is 11.8 Å². The largest absolute Gasteiger partial charge is 0.507 e. The van der Waals surface area contributed by atoms with Gasteiger partial charge in [-0.3, -0.25) is 20.2 Å². The van der Waals surface area contributed by atoms with Crippen molar-refractivity contribution in [2.45, 2.75) is 6.92 Å². The molecule has 1 aliphatic heterocycles. The predicted molar refractivity (Wildman–Crippen MR) is 69.7 cm³/mol. The Morgan fingerprint density at radius 2 is 1.83 bits per heavy atom. The van der Waals surface area contributed by atoms with Crippen LogP contribution in [0.2, 0.25) is 0 Å². The summed E-state index contributed by atoms with van der Waals surface area (Å²) in [6.45, 7) is 1.73. The number of carbonyl (C=O) groups is 2. The number of benzene rings is 1. The van der Waals surface area contributed by atoms with Crippen LogP contribution in [0.1, 0.15) is 11.1 Å². The number of phenolic OH excluding ortho intramolecular Hbond substituents is 1. The molecule has 2 rings (SSSR count). The van der Waals surface area contributed by atoms with E-state index in [1.807, 2.05) is 0 Å². The van der Waals surface area contributed by atoms with E-state index in [-0.39, 0.29) is 16.4 Å².